The molecule has 0 aliphatic rings. The van der Waals surface area contributed by atoms with Gasteiger partial charge in [0.15, 0.2) is 0 Å². The molecule has 1 atom stereocenters. The van der Waals surface area contributed by atoms with Gasteiger partial charge in [-0.15, -0.1) is 0 Å². The summed E-state index contributed by atoms with van der Waals surface area (Å²) in [6.45, 7) is 0. The van der Waals surface area contributed by atoms with Gasteiger partial charge in [-0.25, -0.2) is 8.78 Å². The highest BCUT2D eigenvalue weighted by Gasteiger charge is 2.09. The number of alkyl halides is 1. The number of benzene rings is 3. The molecule has 0 saturated heterocycles. The van der Waals surface area contributed by atoms with Crippen LogP contribution in [-0.4, -0.2) is 0 Å². The lowest BCUT2D eigenvalue weighted by molar-refractivity contribution is 0.342. The zero-order valence-corrected chi connectivity index (χ0v) is 14.3. The summed E-state index contributed by atoms with van der Waals surface area (Å²) in [7, 11) is 0. The number of halogens is 3. The van der Waals surface area contributed by atoms with Gasteiger partial charge in [-0.1, -0.05) is 84.4 Å². The summed E-state index contributed by atoms with van der Waals surface area (Å²) in [6, 6.07) is 21.3. The average Bonchev–Trinajstić information content (AvgIpc) is 2.63. The molecule has 25 heavy (non-hydrogen) atoms. The molecule has 0 spiro atoms. The quantitative estimate of drug-likeness (QED) is 0.437. The SMILES string of the molecule is Fc1cc(Cl)ccc1/C=C/c1ccc(CC(F)c2ccccc2)cc1. The van der Waals surface area contributed by atoms with Crippen molar-refractivity contribution >= 4 is 23.8 Å². The van der Waals surface area contributed by atoms with Gasteiger partial charge in [-0.2, -0.15) is 0 Å². The van der Waals surface area contributed by atoms with Gasteiger partial charge in [0.05, 0.1) is 0 Å². The van der Waals surface area contributed by atoms with Crippen LogP contribution in [0.2, 0.25) is 5.02 Å². The molecule has 3 rings (SSSR count). The van der Waals surface area contributed by atoms with E-state index in [1.165, 1.54) is 6.07 Å². The molecule has 0 saturated carbocycles. The van der Waals surface area contributed by atoms with Crippen molar-refractivity contribution in [2.24, 2.45) is 0 Å². The molecule has 0 aliphatic heterocycles. The predicted octanol–water partition coefficient (Wildman–Crippen LogP) is 6.90. The first kappa shape index (κ1) is 17.4. The first-order valence-corrected chi connectivity index (χ1v) is 8.41. The van der Waals surface area contributed by atoms with E-state index in [0.717, 1.165) is 11.1 Å². The highest BCUT2D eigenvalue weighted by Crippen LogP contribution is 2.23. The van der Waals surface area contributed by atoms with Gasteiger partial charge < -0.3 is 0 Å². The monoisotopic (exact) mass is 354 g/mol. The molecule has 0 aliphatic carbocycles. The van der Waals surface area contributed by atoms with Crippen LogP contribution in [0.1, 0.15) is 28.4 Å². The van der Waals surface area contributed by atoms with Crippen molar-refractivity contribution in [2.45, 2.75) is 12.6 Å². The second-order valence-electron chi connectivity index (χ2n) is 5.82. The van der Waals surface area contributed by atoms with Crippen molar-refractivity contribution in [1.29, 1.82) is 0 Å². The van der Waals surface area contributed by atoms with E-state index in [9.17, 15) is 8.78 Å². The molecular formula is C22H17ClF2. The summed E-state index contributed by atoms with van der Waals surface area (Å²) in [5.41, 5.74) is 3.01. The Balaban J connectivity index is 1.67. The summed E-state index contributed by atoms with van der Waals surface area (Å²) in [4.78, 5) is 0. The van der Waals surface area contributed by atoms with Crippen LogP contribution in [-0.2, 0) is 6.42 Å². The van der Waals surface area contributed by atoms with E-state index in [4.69, 9.17) is 11.6 Å². The molecule has 3 aromatic rings. The standard InChI is InChI=1S/C22H17ClF2/c23-20-13-12-19(22(25)15-20)11-10-16-6-8-17(9-7-16)14-21(24)18-4-2-1-3-5-18/h1-13,15,21H,14H2/b11-10+. The zero-order valence-electron chi connectivity index (χ0n) is 13.5. The molecule has 126 valence electrons. The molecule has 0 amide bonds. The van der Waals surface area contributed by atoms with Crippen LogP contribution in [0, 0.1) is 5.82 Å². The molecule has 0 radical (unpaired) electrons. The normalized spacial score (nSPS) is 12.4. The van der Waals surface area contributed by atoms with Gasteiger partial charge in [0.25, 0.3) is 0 Å². The van der Waals surface area contributed by atoms with E-state index in [-0.39, 0.29) is 5.82 Å². The Morgan fingerprint density at radius 1 is 0.880 bits per heavy atom. The lowest BCUT2D eigenvalue weighted by Gasteiger charge is -2.08. The first-order chi connectivity index (χ1) is 12.1. The topological polar surface area (TPSA) is 0 Å². The van der Waals surface area contributed by atoms with Gasteiger partial charge in [0, 0.05) is 17.0 Å². The van der Waals surface area contributed by atoms with Crippen LogP contribution in [0.15, 0.2) is 72.8 Å². The van der Waals surface area contributed by atoms with Crippen LogP contribution in [0.3, 0.4) is 0 Å². The van der Waals surface area contributed by atoms with Crippen LogP contribution in [0.25, 0.3) is 12.2 Å². The van der Waals surface area contributed by atoms with Crippen molar-refractivity contribution in [3.05, 3.63) is 106 Å². The van der Waals surface area contributed by atoms with E-state index in [2.05, 4.69) is 0 Å². The molecule has 3 heteroatoms. The third kappa shape index (κ3) is 4.77. The Morgan fingerprint density at radius 3 is 2.28 bits per heavy atom. The molecule has 0 fully saturated rings. The second-order valence-corrected chi connectivity index (χ2v) is 6.26. The van der Waals surface area contributed by atoms with Gasteiger partial charge >= 0.3 is 0 Å². The Kier molecular flexibility index (Phi) is 5.62. The van der Waals surface area contributed by atoms with E-state index in [0.29, 0.717) is 22.6 Å². The average molecular weight is 355 g/mol. The Morgan fingerprint density at radius 2 is 1.60 bits per heavy atom. The maximum atomic E-state index is 14.3. The summed E-state index contributed by atoms with van der Waals surface area (Å²) in [5, 5.41) is 0.373. The summed E-state index contributed by atoms with van der Waals surface area (Å²) >= 11 is 5.74. The molecular weight excluding hydrogens is 338 g/mol. The van der Waals surface area contributed by atoms with Crippen molar-refractivity contribution < 1.29 is 8.78 Å². The second kappa shape index (κ2) is 8.09. The number of rotatable bonds is 5. The van der Waals surface area contributed by atoms with Gasteiger partial charge in [-0.3, -0.25) is 0 Å². The first-order valence-electron chi connectivity index (χ1n) is 8.03. The lowest BCUT2D eigenvalue weighted by atomic mass is 10.0. The van der Waals surface area contributed by atoms with Crippen LogP contribution in [0.5, 0.6) is 0 Å². The highest BCUT2D eigenvalue weighted by molar-refractivity contribution is 6.30. The van der Waals surface area contributed by atoms with Crippen LogP contribution >= 0.6 is 11.6 Å². The Labute approximate surface area is 151 Å². The Bertz CT molecular complexity index is 855. The number of hydrogen-bond acceptors (Lipinski definition) is 0. The summed E-state index contributed by atoms with van der Waals surface area (Å²) < 4.78 is 28.0. The fourth-order valence-corrected chi connectivity index (χ4v) is 2.73. The molecule has 0 N–H and O–H groups in total. The molecule has 0 heterocycles. The molecule has 0 bridgehead atoms. The van der Waals surface area contributed by atoms with Crippen molar-refractivity contribution in [3.8, 4) is 0 Å². The minimum Gasteiger partial charge on any atom is -0.242 e. The summed E-state index contributed by atoms with van der Waals surface area (Å²) in [6.07, 6.45) is 2.83. The number of hydrogen-bond donors (Lipinski definition) is 0. The van der Waals surface area contributed by atoms with Crippen molar-refractivity contribution in [3.63, 3.8) is 0 Å². The van der Waals surface area contributed by atoms with E-state index in [1.54, 1.807) is 30.3 Å². The van der Waals surface area contributed by atoms with E-state index < -0.39 is 6.17 Å². The maximum Gasteiger partial charge on any atom is 0.131 e. The predicted molar refractivity (Wildman–Crippen MR) is 101 cm³/mol. The fraction of sp³-hybridized carbons (Fsp3) is 0.0909. The third-order valence-electron chi connectivity index (χ3n) is 3.97. The summed E-state index contributed by atoms with van der Waals surface area (Å²) in [5.74, 6) is -0.358. The largest absolute Gasteiger partial charge is 0.242 e. The lowest BCUT2D eigenvalue weighted by Crippen LogP contribution is -1.96. The molecule has 1 unspecified atom stereocenters. The maximum absolute atomic E-state index is 14.3. The molecule has 0 nitrogen and oxygen atoms in total. The Hall–Kier alpha value is -2.45. The molecule has 3 aromatic carbocycles. The van der Waals surface area contributed by atoms with Crippen molar-refractivity contribution in [1.82, 2.24) is 0 Å². The van der Waals surface area contributed by atoms with E-state index in [1.807, 2.05) is 48.5 Å². The van der Waals surface area contributed by atoms with E-state index >= 15 is 0 Å². The zero-order chi connectivity index (χ0) is 17.6. The molecule has 0 aromatic heterocycles. The smallest absolute Gasteiger partial charge is 0.131 e. The van der Waals surface area contributed by atoms with Gasteiger partial charge in [0.1, 0.15) is 12.0 Å². The fourth-order valence-electron chi connectivity index (χ4n) is 2.57. The minimum absolute atomic E-state index is 0.333. The van der Waals surface area contributed by atoms with Gasteiger partial charge in [0.2, 0.25) is 0 Å². The third-order valence-corrected chi connectivity index (χ3v) is 4.21. The minimum atomic E-state index is -1.02. The van der Waals surface area contributed by atoms with Gasteiger partial charge in [-0.05, 0) is 28.8 Å². The van der Waals surface area contributed by atoms with Crippen LogP contribution < -0.4 is 0 Å². The highest BCUT2D eigenvalue weighted by atomic mass is 35.5. The van der Waals surface area contributed by atoms with Crippen molar-refractivity contribution in [2.75, 3.05) is 0 Å². The van der Waals surface area contributed by atoms with Crippen LogP contribution in [0.4, 0.5) is 8.78 Å².